The van der Waals surface area contributed by atoms with E-state index < -0.39 is 17.8 Å². The van der Waals surface area contributed by atoms with Gasteiger partial charge < -0.3 is 18.9 Å². The molecular formula is C21H20N2O7. The second-order valence-corrected chi connectivity index (χ2v) is 6.08. The number of nitrogens with one attached hydrogen (secondary N) is 1. The van der Waals surface area contributed by atoms with Gasteiger partial charge in [-0.2, -0.15) is 0 Å². The Labute approximate surface area is 172 Å². The molecule has 3 rings (SSSR count). The van der Waals surface area contributed by atoms with E-state index in [2.05, 4.69) is 5.32 Å². The summed E-state index contributed by atoms with van der Waals surface area (Å²) in [6.07, 6.45) is 1.33. The lowest BCUT2D eigenvalue weighted by atomic mass is 10.0. The van der Waals surface area contributed by atoms with Crippen LogP contribution in [0.3, 0.4) is 0 Å². The van der Waals surface area contributed by atoms with Gasteiger partial charge in [-0.15, -0.1) is 0 Å². The molecule has 1 fully saturated rings. The van der Waals surface area contributed by atoms with E-state index >= 15 is 0 Å². The van der Waals surface area contributed by atoms with Crippen LogP contribution in [0.25, 0.3) is 6.08 Å². The third-order valence-electron chi connectivity index (χ3n) is 4.47. The zero-order chi connectivity index (χ0) is 21.8. The van der Waals surface area contributed by atoms with E-state index in [0.717, 1.165) is 4.90 Å². The maximum Gasteiger partial charge on any atom is 0.335 e. The molecule has 4 amide bonds. The van der Waals surface area contributed by atoms with Gasteiger partial charge in [0.2, 0.25) is 5.75 Å². The molecule has 1 heterocycles. The van der Waals surface area contributed by atoms with Gasteiger partial charge in [-0.1, -0.05) is 0 Å². The summed E-state index contributed by atoms with van der Waals surface area (Å²) in [5.74, 6) is -0.0206. The van der Waals surface area contributed by atoms with Gasteiger partial charge in [0, 0.05) is 5.56 Å². The molecule has 9 heteroatoms. The van der Waals surface area contributed by atoms with E-state index in [0.29, 0.717) is 22.8 Å². The van der Waals surface area contributed by atoms with Crippen molar-refractivity contribution in [1.82, 2.24) is 5.32 Å². The molecule has 0 aliphatic carbocycles. The molecule has 1 saturated heterocycles. The Morgan fingerprint density at radius 2 is 1.47 bits per heavy atom. The Kier molecular flexibility index (Phi) is 5.91. The first-order valence-electron chi connectivity index (χ1n) is 8.79. The summed E-state index contributed by atoms with van der Waals surface area (Å²) in [5.41, 5.74) is 0.449. The number of benzene rings is 2. The van der Waals surface area contributed by atoms with Crippen LogP contribution >= 0.6 is 0 Å². The van der Waals surface area contributed by atoms with Gasteiger partial charge in [0.05, 0.1) is 34.1 Å². The van der Waals surface area contributed by atoms with Crippen molar-refractivity contribution in [3.05, 3.63) is 47.5 Å². The predicted molar refractivity (Wildman–Crippen MR) is 108 cm³/mol. The second kappa shape index (κ2) is 8.56. The molecular weight excluding hydrogens is 392 g/mol. The number of rotatable bonds is 6. The van der Waals surface area contributed by atoms with Crippen molar-refractivity contribution in [1.29, 1.82) is 0 Å². The minimum absolute atomic E-state index is 0.240. The Balaban J connectivity index is 2.06. The van der Waals surface area contributed by atoms with Crippen molar-refractivity contribution in [3.8, 4) is 23.0 Å². The van der Waals surface area contributed by atoms with Gasteiger partial charge in [0.25, 0.3) is 11.8 Å². The molecule has 0 saturated carbocycles. The van der Waals surface area contributed by atoms with Gasteiger partial charge in [0.1, 0.15) is 11.3 Å². The first-order chi connectivity index (χ1) is 14.4. The quantitative estimate of drug-likeness (QED) is 0.574. The number of anilines is 1. The molecule has 2 aromatic rings. The van der Waals surface area contributed by atoms with E-state index in [9.17, 15) is 14.4 Å². The maximum atomic E-state index is 13.0. The number of methoxy groups -OCH3 is 4. The normalized spacial score (nSPS) is 15.1. The fourth-order valence-electron chi connectivity index (χ4n) is 3.02. The average Bonchev–Trinajstić information content (AvgIpc) is 2.76. The number of amides is 4. The third-order valence-corrected chi connectivity index (χ3v) is 4.47. The monoisotopic (exact) mass is 412 g/mol. The lowest BCUT2D eigenvalue weighted by molar-refractivity contribution is -0.122. The minimum atomic E-state index is -0.841. The summed E-state index contributed by atoms with van der Waals surface area (Å²) < 4.78 is 21.0. The summed E-state index contributed by atoms with van der Waals surface area (Å²) in [6.45, 7) is 0. The molecule has 9 nitrogen and oxygen atoms in total. The van der Waals surface area contributed by atoms with Crippen molar-refractivity contribution in [3.63, 3.8) is 0 Å². The van der Waals surface area contributed by atoms with Crippen LogP contribution < -0.4 is 29.2 Å². The summed E-state index contributed by atoms with van der Waals surface area (Å²) in [5, 5.41) is 2.18. The van der Waals surface area contributed by atoms with Gasteiger partial charge in [0.15, 0.2) is 11.5 Å². The van der Waals surface area contributed by atoms with Gasteiger partial charge in [-0.25, -0.2) is 9.69 Å². The zero-order valence-corrected chi connectivity index (χ0v) is 16.8. The number of hydrogen-bond donors (Lipinski definition) is 1. The number of urea groups is 1. The zero-order valence-electron chi connectivity index (χ0n) is 16.8. The third kappa shape index (κ3) is 3.64. The SMILES string of the molecule is COc1ccc(N2C(=O)NC(=O)C(=Cc3ccc(OC)c(OC)c3OC)C2=O)cc1. The fraction of sp³-hybridized carbons (Fsp3) is 0.190. The molecule has 0 atom stereocenters. The Morgan fingerprint density at radius 1 is 0.800 bits per heavy atom. The van der Waals surface area contributed by atoms with Crippen LogP contribution in [0.15, 0.2) is 42.0 Å². The smallest absolute Gasteiger partial charge is 0.335 e. The van der Waals surface area contributed by atoms with Crippen LogP contribution in [-0.4, -0.2) is 46.3 Å². The standard InChI is InChI=1S/C21H20N2O7/c1-27-14-8-6-13(7-9-14)23-20(25)15(19(24)22-21(23)26)11-12-5-10-16(28-2)18(30-4)17(12)29-3/h5-11H,1-4H3,(H,22,24,26). The topological polar surface area (TPSA) is 103 Å². The van der Waals surface area contributed by atoms with Gasteiger partial charge in [-0.05, 0) is 42.5 Å². The number of carbonyl (C=O) groups excluding carboxylic acids is 3. The number of nitrogens with zero attached hydrogens (tertiary/aromatic N) is 1. The maximum absolute atomic E-state index is 13.0. The number of ether oxygens (including phenoxy) is 4. The van der Waals surface area contributed by atoms with Crippen LogP contribution in [-0.2, 0) is 9.59 Å². The molecule has 2 aromatic carbocycles. The molecule has 0 spiro atoms. The molecule has 0 bridgehead atoms. The van der Waals surface area contributed by atoms with Gasteiger partial charge in [-0.3, -0.25) is 14.9 Å². The lowest BCUT2D eigenvalue weighted by Crippen LogP contribution is -2.54. The molecule has 0 unspecified atom stereocenters. The van der Waals surface area contributed by atoms with Crippen LogP contribution in [0.4, 0.5) is 10.5 Å². The number of imide groups is 2. The highest BCUT2D eigenvalue weighted by atomic mass is 16.5. The molecule has 1 N–H and O–H groups in total. The highest BCUT2D eigenvalue weighted by Crippen LogP contribution is 2.40. The van der Waals surface area contributed by atoms with Crippen molar-refractivity contribution in [2.24, 2.45) is 0 Å². The summed E-state index contributed by atoms with van der Waals surface area (Å²) in [4.78, 5) is 38.6. The highest BCUT2D eigenvalue weighted by Gasteiger charge is 2.37. The van der Waals surface area contributed by atoms with E-state index in [1.54, 1.807) is 36.4 Å². The van der Waals surface area contributed by atoms with Crippen molar-refractivity contribution >= 4 is 29.6 Å². The number of hydrogen-bond acceptors (Lipinski definition) is 7. The predicted octanol–water partition coefficient (Wildman–Crippen LogP) is 2.39. The van der Waals surface area contributed by atoms with Crippen molar-refractivity contribution < 1.29 is 33.3 Å². The summed E-state index contributed by atoms with van der Waals surface area (Å²) in [6, 6.07) is 8.68. The van der Waals surface area contributed by atoms with E-state index in [1.165, 1.54) is 34.5 Å². The van der Waals surface area contributed by atoms with E-state index in [1.807, 2.05) is 0 Å². The summed E-state index contributed by atoms with van der Waals surface area (Å²) >= 11 is 0. The highest BCUT2D eigenvalue weighted by molar-refractivity contribution is 6.39. The Bertz CT molecular complexity index is 1030. The first-order valence-corrected chi connectivity index (χ1v) is 8.79. The second-order valence-electron chi connectivity index (χ2n) is 6.08. The largest absolute Gasteiger partial charge is 0.497 e. The van der Waals surface area contributed by atoms with Crippen LogP contribution in [0.2, 0.25) is 0 Å². The van der Waals surface area contributed by atoms with Crippen LogP contribution in [0.5, 0.6) is 23.0 Å². The van der Waals surface area contributed by atoms with Crippen molar-refractivity contribution in [2.45, 2.75) is 0 Å². The Morgan fingerprint density at radius 3 is 2.03 bits per heavy atom. The van der Waals surface area contributed by atoms with E-state index in [-0.39, 0.29) is 17.0 Å². The number of barbiturate groups is 1. The van der Waals surface area contributed by atoms with Crippen molar-refractivity contribution in [2.75, 3.05) is 33.3 Å². The summed E-state index contributed by atoms with van der Waals surface area (Å²) in [7, 11) is 5.85. The molecule has 0 radical (unpaired) electrons. The average molecular weight is 412 g/mol. The molecule has 0 aromatic heterocycles. The fourth-order valence-corrected chi connectivity index (χ4v) is 3.02. The van der Waals surface area contributed by atoms with Crippen LogP contribution in [0, 0.1) is 0 Å². The van der Waals surface area contributed by atoms with Gasteiger partial charge >= 0.3 is 6.03 Å². The minimum Gasteiger partial charge on any atom is -0.497 e. The molecule has 1 aliphatic rings. The van der Waals surface area contributed by atoms with E-state index in [4.69, 9.17) is 18.9 Å². The molecule has 156 valence electrons. The number of carbonyl (C=O) groups is 3. The van der Waals surface area contributed by atoms with Crippen LogP contribution in [0.1, 0.15) is 5.56 Å². The molecule has 1 aliphatic heterocycles. The Hall–Kier alpha value is -4.01. The first kappa shape index (κ1) is 20.7. The molecule has 30 heavy (non-hydrogen) atoms. The lowest BCUT2D eigenvalue weighted by Gasteiger charge is -2.26.